The maximum absolute atomic E-state index is 6.22. The molecule has 2 atom stereocenters. The van der Waals surface area contributed by atoms with Gasteiger partial charge in [0.05, 0.1) is 0 Å². The molecule has 2 heteroatoms. The van der Waals surface area contributed by atoms with Crippen molar-refractivity contribution in [1.29, 1.82) is 0 Å². The zero-order valence-corrected chi connectivity index (χ0v) is 11.6. The molecule has 1 saturated carbocycles. The SMILES string of the molecule is CCc1cccc(OC2CCCCCC2NC)c1. The minimum Gasteiger partial charge on any atom is -0.489 e. The van der Waals surface area contributed by atoms with Gasteiger partial charge in [-0.25, -0.2) is 0 Å². The summed E-state index contributed by atoms with van der Waals surface area (Å²) >= 11 is 0. The highest BCUT2D eigenvalue weighted by molar-refractivity contribution is 5.28. The Hall–Kier alpha value is -1.02. The van der Waals surface area contributed by atoms with Gasteiger partial charge in [0.1, 0.15) is 11.9 Å². The summed E-state index contributed by atoms with van der Waals surface area (Å²) in [6, 6.07) is 9.01. The number of hydrogen-bond donors (Lipinski definition) is 1. The summed E-state index contributed by atoms with van der Waals surface area (Å²) in [6.45, 7) is 2.18. The third-order valence-electron chi connectivity index (χ3n) is 3.92. The Morgan fingerprint density at radius 1 is 1.22 bits per heavy atom. The van der Waals surface area contributed by atoms with E-state index >= 15 is 0 Å². The molecule has 100 valence electrons. The first-order valence-electron chi connectivity index (χ1n) is 7.26. The molecule has 0 aromatic heterocycles. The third-order valence-corrected chi connectivity index (χ3v) is 3.92. The molecule has 1 aromatic carbocycles. The van der Waals surface area contributed by atoms with E-state index in [0.717, 1.165) is 12.2 Å². The molecule has 0 bridgehead atoms. The van der Waals surface area contributed by atoms with Crippen LogP contribution in [0.2, 0.25) is 0 Å². The lowest BCUT2D eigenvalue weighted by molar-refractivity contribution is 0.149. The van der Waals surface area contributed by atoms with E-state index in [1.54, 1.807) is 0 Å². The van der Waals surface area contributed by atoms with Gasteiger partial charge < -0.3 is 10.1 Å². The third kappa shape index (κ3) is 3.49. The summed E-state index contributed by atoms with van der Waals surface area (Å²) in [5, 5.41) is 3.42. The predicted octanol–water partition coefficient (Wildman–Crippen LogP) is 3.55. The van der Waals surface area contributed by atoms with E-state index in [1.165, 1.54) is 37.7 Å². The Labute approximate surface area is 111 Å². The molecule has 2 nitrogen and oxygen atoms in total. The quantitative estimate of drug-likeness (QED) is 0.822. The first-order chi connectivity index (χ1) is 8.83. The summed E-state index contributed by atoms with van der Waals surface area (Å²) in [5.41, 5.74) is 1.35. The van der Waals surface area contributed by atoms with Crippen LogP contribution in [0.3, 0.4) is 0 Å². The Morgan fingerprint density at radius 3 is 2.83 bits per heavy atom. The molecule has 2 unspecified atom stereocenters. The fourth-order valence-corrected chi connectivity index (χ4v) is 2.76. The molecule has 0 aliphatic heterocycles. The molecule has 0 heterocycles. The van der Waals surface area contributed by atoms with Crippen LogP contribution in [-0.4, -0.2) is 19.2 Å². The maximum Gasteiger partial charge on any atom is 0.120 e. The highest BCUT2D eigenvalue weighted by Gasteiger charge is 2.23. The Bertz CT molecular complexity index is 364. The zero-order chi connectivity index (χ0) is 12.8. The topological polar surface area (TPSA) is 21.3 Å². The molecule has 1 aromatic rings. The summed E-state index contributed by atoms with van der Waals surface area (Å²) in [5.74, 6) is 1.03. The van der Waals surface area contributed by atoms with Gasteiger partial charge in [-0.3, -0.25) is 0 Å². The van der Waals surface area contributed by atoms with Crippen LogP contribution in [0.15, 0.2) is 24.3 Å². The second kappa shape index (κ2) is 6.79. The lowest BCUT2D eigenvalue weighted by Gasteiger charge is -2.26. The van der Waals surface area contributed by atoms with Crippen LogP contribution < -0.4 is 10.1 Å². The monoisotopic (exact) mass is 247 g/mol. The minimum atomic E-state index is 0.324. The molecule has 1 N–H and O–H groups in total. The van der Waals surface area contributed by atoms with Crippen molar-refractivity contribution in [3.63, 3.8) is 0 Å². The molecule has 0 saturated heterocycles. The van der Waals surface area contributed by atoms with Crippen molar-refractivity contribution in [2.45, 2.75) is 57.6 Å². The van der Waals surface area contributed by atoms with Gasteiger partial charge in [-0.1, -0.05) is 31.9 Å². The largest absolute Gasteiger partial charge is 0.489 e. The zero-order valence-electron chi connectivity index (χ0n) is 11.6. The van der Waals surface area contributed by atoms with Crippen molar-refractivity contribution in [1.82, 2.24) is 5.32 Å². The summed E-state index contributed by atoms with van der Waals surface area (Å²) in [4.78, 5) is 0. The first-order valence-corrected chi connectivity index (χ1v) is 7.26. The molecule has 0 spiro atoms. The van der Waals surface area contributed by atoms with E-state index in [2.05, 4.69) is 43.6 Å². The second-order valence-electron chi connectivity index (χ2n) is 5.19. The molecule has 1 fully saturated rings. The van der Waals surface area contributed by atoms with Crippen LogP contribution in [0, 0.1) is 0 Å². The van der Waals surface area contributed by atoms with Crippen LogP contribution in [0.1, 0.15) is 44.6 Å². The normalized spacial score (nSPS) is 24.6. The number of ether oxygens (including phenoxy) is 1. The van der Waals surface area contributed by atoms with E-state index in [9.17, 15) is 0 Å². The minimum absolute atomic E-state index is 0.324. The fraction of sp³-hybridized carbons (Fsp3) is 0.625. The highest BCUT2D eigenvalue weighted by atomic mass is 16.5. The smallest absolute Gasteiger partial charge is 0.120 e. The molecule has 1 aliphatic rings. The lowest BCUT2D eigenvalue weighted by atomic mass is 10.1. The summed E-state index contributed by atoms with van der Waals surface area (Å²) < 4.78 is 6.22. The van der Waals surface area contributed by atoms with Gasteiger partial charge in [-0.2, -0.15) is 0 Å². The number of nitrogens with one attached hydrogen (secondary N) is 1. The van der Waals surface area contributed by atoms with Gasteiger partial charge in [0, 0.05) is 6.04 Å². The van der Waals surface area contributed by atoms with Crippen LogP contribution in [-0.2, 0) is 6.42 Å². The number of rotatable bonds is 4. The van der Waals surface area contributed by atoms with Gasteiger partial charge in [-0.05, 0) is 50.4 Å². The Morgan fingerprint density at radius 2 is 2.06 bits per heavy atom. The standard InChI is InChI=1S/C16H25NO/c1-3-13-8-7-9-14(12-13)18-16-11-6-4-5-10-15(16)17-2/h7-9,12,15-17H,3-6,10-11H2,1-2H3. The summed E-state index contributed by atoms with van der Waals surface area (Å²) in [6.07, 6.45) is 7.74. The van der Waals surface area contributed by atoms with Crippen molar-refractivity contribution in [2.24, 2.45) is 0 Å². The second-order valence-corrected chi connectivity index (χ2v) is 5.19. The van der Waals surface area contributed by atoms with Crippen molar-refractivity contribution in [3.8, 4) is 5.75 Å². The van der Waals surface area contributed by atoms with Gasteiger partial charge in [0.25, 0.3) is 0 Å². The Kier molecular flexibility index (Phi) is 5.06. The van der Waals surface area contributed by atoms with Crippen molar-refractivity contribution in [3.05, 3.63) is 29.8 Å². The average Bonchev–Trinajstić information content (AvgIpc) is 2.64. The van der Waals surface area contributed by atoms with Crippen molar-refractivity contribution < 1.29 is 4.74 Å². The van der Waals surface area contributed by atoms with E-state index in [-0.39, 0.29) is 0 Å². The molecule has 0 amide bonds. The number of hydrogen-bond acceptors (Lipinski definition) is 2. The van der Waals surface area contributed by atoms with E-state index in [0.29, 0.717) is 12.1 Å². The lowest BCUT2D eigenvalue weighted by Crippen LogP contribution is -2.40. The number of likely N-dealkylation sites (N-methyl/N-ethyl adjacent to an activating group) is 1. The van der Waals surface area contributed by atoms with E-state index < -0.39 is 0 Å². The maximum atomic E-state index is 6.22. The molecule has 1 aliphatic carbocycles. The average molecular weight is 247 g/mol. The van der Waals surface area contributed by atoms with Crippen LogP contribution in [0.4, 0.5) is 0 Å². The predicted molar refractivity (Wildman–Crippen MR) is 76.2 cm³/mol. The van der Waals surface area contributed by atoms with Crippen LogP contribution in [0.5, 0.6) is 5.75 Å². The molecule has 2 rings (SSSR count). The molecular formula is C16H25NO. The summed E-state index contributed by atoms with van der Waals surface area (Å²) in [7, 11) is 2.05. The van der Waals surface area contributed by atoms with E-state index in [1.807, 2.05) is 0 Å². The molecule has 0 radical (unpaired) electrons. The van der Waals surface area contributed by atoms with E-state index in [4.69, 9.17) is 4.74 Å². The molecular weight excluding hydrogens is 222 g/mol. The van der Waals surface area contributed by atoms with Gasteiger partial charge in [0.2, 0.25) is 0 Å². The molecule has 18 heavy (non-hydrogen) atoms. The van der Waals surface area contributed by atoms with Crippen molar-refractivity contribution >= 4 is 0 Å². The van der Waals surface area contributed by atoms with Crippen LogP contribution in [0.25, 0.3) is 0 Å². The van der Waals surface area contributed by atoms with Gasteiger partial charge >= 0.3 is 0 Å². The number of benzene rings is 1. The Balaban J connectivity index is 2.05. The fourth-order valence-electron chi connectivity index (χ4n) is 2.76. The van der Waals surface area contributed by atoms with Crippen molar-refractivity contribution in [2.75, 3.05) is 7.05 Å². The van der Waals surface area contributed by atoms with Gasteiger partial charge in [0.15, 0.2) is 0 Å². The highest BCUT2D eigenvalue weighted by Crippen LogP contribution is 2.24. The first kappa shape index (κ1) is 13.4. The number of aryl methyl sites for hydroxylation is 1. The van der Waals surface area contributed by atoms with Gasteiger partial charge in [-0.15, -0.1) is 0 Å². The van der Waals surface area contributed by atoms with Crippen LogP contribution >= 0.6 is 0 Å².